The van der Waals surface area contributed by atoms with E-state index in [9.17, 15) is 18.8 Å². The summed E-state index contributed by atoms with van der Waals surface area (Å²) in [6, 6.07) is 7.22. The van der Waals surface area contributed by atoms with Gasteiger partial charge in [-0.2, -0.15) is 4.39 Å². The van der Waals surface area contributed by atoms with Crippen molar-refractivity contribution in [2.45, 2.75) is 18.0 Å². The highest BCUT2D eigenvalue weighted by molar-refractivity contribution is 6.36. The summed E-state index contributed by atoms with van der Waals surface area (Å²) < 4.78 is 35.3. The summed E-state index contributed by atoms with van der Waals surface area (Å²) in [5.41, 5.74) is 6.24. The van der Waals surface area contributed by atoms with E-state index in [-0.39, 0.29) is 51.4 Å². The molecule has 0 saturated carbocycles. The first-order valence-corrected chi connectivity index (χ1v) is 14.1. The molecule has 5 N–H and O–H groups in total. The number of Topliss-reactive ketones (excluding diaryl/α,β-unsaturated/α-hetero) is 1. The molecule has 3 aliphatic rings. The molecule has 13 heteroatoms. The standard InChI is InChI=1S/C29H33ClF2N6O4/c1-37-26(19-5-6-22(42-2)24(32)23(19)31)25(36-29(37,30)28(33)41)18-4-3-17(21(39)13-16-7-8-35-15-16)14-20(18)27(40)38-11-9-34-10-12-38/h3-6,14,16,34-36H,7-13,15H2,1-2H3,(H2,33,41). The van der Waals surface area contributed by atoms with Crippen molar-refractivity contribution in [2.75, 3.05) is 53.4 Å². The first kappa shape index (κ1) is 29.7. The van der Waals surface area contributed by atoms with E-state index in [1.807, 2.05) is 0 Å². The second-order valence-corrected chi connectivity index (χ2v) is 11.2. The van der Waals surface area contributed by atoms with Crippen molar-refractivity contribution >= 4 is 40.6 Å². The molecule has 5 rings (SSSR count). The van der Waals surface area contributed by atoms with Gasteiger partial charge in [-0.25, -0.2) is 4.39 Å². The molecule has 3 aliphatic heterocycles. The van der Waals surface area contributed by atoms with Gasteiger partial charge in [0, 0.05) is 61.9 Å². The van der Waals surface area contributed by atoms with E-state index < -0.39 is 22.7 Å². The smallest absolute Gasteiger partial charge is 0.280 e. The zero-order valence-corrected chi connectivity index (χ0v) is 24.1. The molecule has 42 heavy (non-hydrogen) atoms. The van der Waals surface area contributed by atoms with Gasteiger partial charge in [0.1, 0.15) is 0 Å². The minimum absolute atomic E-state index is 0.00618. The highest BCUT2D eigenvalue weighted by atomic mass is 35.5. The fourth-order valence-corrected chi connectivity index (χ4v) is 5.84. The van der Waals surface area contributed by atoms with Gasteiger partial charge < -0.3 is 36.2 Å². The highest BCUT2D eigenvalue weighted by Crippen LogP contribution is 2.43. The number of nitrogens with two attached hydrogens (primary N) is 1. The van der Waals surface area contributed by atoms with Crippen LogP contribution in [0.5, 0.6) is 5.75 Å². The molecule has 0 bridgehead atoms. The van der Waals surface area contributed by atoms with Gasteiger partial charge in [-0.1, -0.05) is 23.7 Å². The maximum absolute atomic E-state index is 15.5. The molecule has 2 amide bonds. The molecule has 224 valence electrons. The van der Waals surface area contributed by atoms with Gasteiger partial charge >= 0.3 is 0 Å². The van der Waals surface area contributed by atoms with Gasteiger partial charge in [0.2, 0.25) is 5.82 Å². The third-order valence-corrected chi connectivity index (χ3v) is 8.59. The first-order chi connectivity index (χ1) is 20.1. The van der Waals surface area contributed by atoms with Crippen molar-refractivity contribution in [1.82, 2.24) is 25.8 Å². The number of nitrogens with one attached hydrogen (secondary N) is 3. The number of methoxy groups -OCH3 is 1. The number of ether oxygens (including phenoxy) is 1. The average molecular weight is 603 g/mol. The fraction of sp³-hybridized carbons (Fsp3) is 0.414. The summed E-state index contributed by atoms with van der Waals surface area (Å²) >= 11 is 6.65. The van der Waals surface area contributed by atoms with E-state index in [2.05, 4.69) is 16.0 Å². The molecule has 0 aliphatic carbocycles. The third kappa shape index (κ3) is 5.30. The van der Waals surface area contributed by atoms with Gasteiger partial charge in [-0.3, -0.25) is 14.4 Å². The van der Waals surface area contributed by atoms with Crippen molar-refractivity contribution in [3.8, 4) is 5.75 Å². The number of hydrogen-bond acceptors (Lipinski definition) is 8. The normalized spacial score (nSPS) is 22.4. The quantitative estimate of drug-likeness (QED) is 0.205. The molecule has 10 nitrogen and oxygen atoms in total. The minimum Gasteiger partial charge on any atom is -0.494 e. The van der Waals surface area contributed by atoms with Crippen LogP contribution in [-0.2, 0) is 4.79 Å². The van der Waals surface area contributed by atoms with E-state index in [0.717, 1.165) is 19.5 Å². The third-order valence-electron chi connectivity index (χ3n) is 8.06. The first-order valence-electron chi connectivity index (χ1n) is 13.7. The number of ketones is 1. The number of amides is 2. The van der Waals surface area contributed by atoms with Crippen LogP contribution < -0.4 is 26.4 Å². The molecule has 0 spiro atoms. The number of carbonyl (C=O) groups excluding carboxylic acids is 3. The van der Waals surface area contributed by atoms with Gasteiger partial charge in [0.15, 0.2) is 17.3 Å². The van der Waals surface area contributed by atoms with Crippen molar-refractivity contribution < 1.29 is 27.9 Å². The predicted octanol–water partition coefficient (Wildman–Crippen LogP) is 1.94. The Balaban J connectivity index is 1.68. The molecule has 0 aromatic heterocycles. The van der Waals surface area contributed by atoms with E-state index in [1.165, 1.54) is 37.3 Å². The lowest BCUT2D eigenvalue weighted by Crippen LogP contribution is -2.55. The summed E-state index contributed by atoms with van der Waals surface area (Å²) in [6.07, 6.45) is 1.21. The number of benzene rings is 2. The molecule has 3 heterocycles. The van der Waals surface area contributed by atoms with Crippen LogP contribution in [0.1, 0.15) is 44.7 Å². The summed E-state index contributed by atoms with van der Waals surface area (Å²) in [6.45, 7) is 3.64. The lowest BCUT2D eigenvalue weighted by atomic mass is 9.93. The Morgan fingerprint density at radius 3 is 2.43 bits per heavy atom. The monoisotopic (exact) mass is 602 g/mol. The Kier molecular flexibility index (Phi) is 8.40. The topological polar surface area (TPSA) is 129 Å². The molecular weight excluding hydrogens is 570 g/mol. The molecule has 2 saturated heterocycles. The number of carbonyl (C=O) groups is 3. The molecule has 2 atom stereocenters. The highest BCUT2D eigenvalue weighted by Gasteiger charge is 2.48. The van der Waals surface area contributed by atoms with Crippen LogP contribution >= 0.6 is 11.6 Å². The van der Waals surface area contributed by atoms with Crippen LogP contribution in [0.3, 0.4) is 0 Å². The van der Waals surface area contributed by atoms with Gasteiger partial charge in [0.05, 0.1) is 18.5 Å². The average Bonchev–Trinajstić information content (AvgIpc) is 3.60. The minimum atomic E-state index is -2.06. The second kappa shape index (κ2) is 11.9. The Morgan fingerprint density at radius 2 is 1.79 bits per heavy atom. The second-order valence-electron chi connectivity index (χ2n) is 10.6. The number of nitrogens with zero attached hydrogens (tertiary/aromatic N) is 2. The van der Waals surface area contributed by atoms with Crippen molar-refractivity contribution in [3.63, 3.8) is 0 Å². The van der Waals surface area contributed by atoms with Crippen LogP contribution in [0.15, 0.2) is 30.3 Å². The van der Waals surface area contributed by atoms with Crippen molar-refractivity contribution in [1.29, 1.82) is 0 Å². The predicted molar refractivity (Wildman–Crippen MR) is 154 cm³/mol. The number of rotatable bonds is 8. The lowest BCUT2D eigenvalue weighted by molar-refractivity contribution is -0.123. The van der Waals surface area contributed by atoms with Gasteiger partial charge in [0.25, 0.3) is 16.9 Å². The lowest BCUT2D eigenvalue weighted by Gasteiger charge is -2.30. The molecule has 2 aromatic rings. The number of alkyl halides is 1. The largest absolute Gasteiger partial charge is 0.494 e. The summed E-state index contributed by atoms with van der Waals surface area (Å²) in [5.74, 6) is -4.05. The maximum Gasteiger partial charge on any atom is 0.280 e. The van der Waals surface area contributed by atoms with Crippen molar-refractivity contribution in [2.24, 2.45) is 11.7 Å². The zero-order valence-electron chi connectivity index (χ0n) is 23.4. The van der Waals surface area contributed by atoms with E-state index in [1.54, 1.807) is 17.0 Å². The number of halogens is 3. The van der Waals surface area contributed by atoms with Crippen molar-refractivity contribution in [3.05, 3.63) is 64.2 Å². The summed E-state index contributed by atoms with van der Waals surface area (Å²) in [5, 5.41) is 7.25. The van der Waals surface area contributed by atoms with Crippen LogP contribution in [0.2, 0.25) is 0 Å². The van der Waals surface area contributed by atoms with E-state index in [0.29, 0.717) is 38.2 Å². The molecular formula is C29H33ClF2N6O4. The van der Waals surface area contributed by atoms with Crippen LogP contribution in [0.4, 0.5) is 8.78 Å². The summed E-state index contributed by atoms with van der Waals surface area (Å²) in [4.78, 5) is 42.6. The molecule has 0 radical (unpaired) electrons. The summed E-state index contributed by atoms with van der Waals surface area (Å²) in [7, 11) is 2.61. The van der Waals surface area contributed by atoms with E-state index in [4.69, 9.17) is 22.1 Å². The maximum atomic E-state index is 15.5. The SMILES string of the molecule is COc1ccc(C2=C(c3ccc(C(=O)CC4CCNC4)cc3C(=O)N3CCNCC3)NC(Cl)(C(N)=O)N2C)c(F)c1F. The van der Waals surface area contributed by atoms with Crippen LogP contribution in [-0.4, -0.2) is 85.9 Å². The van der Waals surface area contributed by atoms with Crippen LogP contribution in [0.25, 0.3) is 11.4 Å². The molecule has 2 aromatic carbocycles. The zero-order chi connectivity index (χ0) is 30.2. The number of hydrogen-bond donors (Lipinski definition) is 4. The number of piperazine rings is 1. The Morgan fingerprint density at radius 1 is 1.07 bits per heavy atom. The molecule has 2 unspecified atom stereocenters. The number of primary amides is 1. The molecule has 2 fully saturated rings. The van der Waals surface area contributed by atoms with Gasteiger partial charge in [-0.15, -0.1) is 0 Å². The number of likely N-dealkylation sites (N-methyl/N-ethyl adjacent to an activating group) is 1. The Hall–Kier alpha value is -3.74. The Labute approximate surface area is 247 Å². The van der Waals surface area contributed by atoms with E-state index >= 15 is 4.39 Å². The Bertz CT molecular complexity index is 1460. The fourth-order valence-electron chi connectivity index (χ4n) is 5.66. The van der Waals surface area contributed by atoms with Gasteiger partial charge in [-0.05, 0) is 43.6 Å². The van der Waals surface area contributed by atoms with Crippen LogP contribution in [0, 0.1) is 17.6 Å².